The number of nitrogens with one attached hydrogen (secondary N) is 1. The zero-order valence-electron chi connectivity index (χ0n) is 16.0. The molecule has 2 aromatic carbocycles. The van der Waals surface area contributed by atoms with Crippen LogP contribution in [0.4, 0.5) is 0 Å². The number of benzene rings is 2. The van der Waals surface area contributed by atoms with E-state index < -0.39 is 16.1 Å². The monoisotopic (exact) mass is 417 g/mol. The number of sulfonamides is 1. The topological polar surface area (TPSA) is 75.6 Å². The van der Waals surface area contributed by atoms with Crippen molar-refractivity contribution >= 4 is 21.4 Å². The Kier molecular flexibility index (Phi) is 6.20. The van der Waals surface area contributed by atoms with Crippen LogP contribution in [-0.2, 0) is 16.6 Å². The zero-order valence-corrected chi connectivity index (χ0v) is 17.6. The summed E-state index contributed by atoms with van der Waals surface area (Å²) in [6.45, 7) is 3.81. The highest BCUT2D eigenvalue weighted by molar-refractivity contribution is 7.89. The standard InChI is InChI=1S/C21H23NO4S2/c1-14-11-18(12-15(2)21(14)26-3)28(24,25)22-13-17-9-10-19(27-17)20(23)16-7-5-4-6-8-16/h4-12,20,22-23H,13H2,1-3H3. The van der Waals surface area contributed by atoms with Gasteiger partial charge < -0.3 is 9.84 Å². The molecule has 7 heteroatoms. The second kappa shape index (κ2) is 8.45. The van der Waals surface area contributed by atoms with Crippen molar-refractivity contribution in [3.63, 3.8) is 0 Å². The summed E-state index contributed by atoms with van der Waals surface area (Å²) in [5.41, 5.74) is 2.35. The Morgan fingerprint density at radius 3 is 2.32 bits per heavy atom. The maximum atomic E-state index is 12.7. The number of aliphatic hydroxyl groups excluding tert-OH is 1. The summed E-state index contributed by atoms with van der Waals surface area (Å²) in [5.74, 6) is 0.691. The lowest BCUT2D eigenvalue weighted by molar-refractivity contribution is 0.224. The third kappa shape index (κ3) is 4.44. The molecule has 0 saturated carbocycles. The number of hydrogen-bond donors (Lipinski definition) is 2. The van der Waals surface area contributed by atoms with Gasteiger partial charge in [0.05, 0.1) is 12.0 Å². The Morgan fingerprint density at radius 2 is 1.71 bits per heavy atom. The zero-order chi connectivity index (χ0) is 20.3. The van der Waals surface area contributed by atoms with Crippen molar-refractivity contribution in [2.75, 3.05) is 7.11 Å². The first-order chi connectivity index (χ1) is 13.3. The van der Waals surface area contributed by atoms with Crippen molar-refractivity contribution < 1.29 is 18.3 Å². The molecule has 0 fully saturated rings. The normalized spacial score (nSPS) is 12.7. The molecule has 0 radical (unpaired) electrons. The van der Waals surface area contributed by atoms with Gasteiger partial charge in [-0.05, 0) is 54.8 Å². The Morgan fingerprint density at radius 1 is 1.07 bits per heavy atom. The van der Waals surface area contributed by atoms with Gasteiger partial charge in [-0.25, -0.2) is 13.1 Å². The minimum atomic E-state index is -3.65. The number of thiophene rings is 1. The van der Waals surface area contributed by atoms with Crippen LogP contribution in [-0.4, -0.2) is 20.6 Å². The van der Waals surface area contributed by atoms with E-state index in [0.29, 0.717) is 5.75 Å². The Balaban J connectivity index is 1.73. The van der Waals surface area contributed by atoms with E-state index in [2.05, 4.69) is 4.72 Å². The highest BCUT2D eigenvalue weighted by Gasteiger charge is 2.18. The van der Waals surface area contributed by atoms with Gasteiger partial charge in [0.25, 0.3) is 0 Å². The molecule has 1 unspecified atom stereocenters. The molecule has 3 rings (SSSR count). The molecule has 3 aromatic rings. The van der Waals surface area contributed by atoms with Crippen molar-refractivity contribution in [3.8, 4) is 5.75 Å². The summed E-state index contributed by atoms with van der Waals surface area (Å²) in [5, 5.41) is 10.5. The van der Waals surface area contributed by atoms with Gasteiger partial charge in [0, 0.05) is 16.3 Å². The third-order valence-electron chi connectivity index (χ3n) is 4.45. The summed E-state index contributed by atoms with van der Waals surface area (Å²) in [4.78, 5) is 1.82. The van der Waals surface area contributed by atoms with Gasteiger partial charge in [0.2, 0.25) is 10.0 Å². The quantitative estimate of drug-likeness (QED) is 0.611. The van der Waals surface area contributed by atoms with Crippen LogP contribution in [0.3, 0.4) is 0 Å². The molecule has 2 N–H and O–H groups in total. The number of methoxy groups -OCH3 is 1. The fourth-order valence-corrected chi connectivity index (χ4v) is 5.31. The molecule has 0 aliphatic rings. The number of aryl methyl sites for hydroxylation is 2. The van der Waals surface area contributed by atoms with Crippen LogP contribution in [0, 0.1) is 13.8 Å². The predicted molar refractivity (Wildman–Crippen MR) is 111 cm³/mol. The van der Waals surface area contributed by atoms with Crippen molar-refractivity contribution in [2.24, 2.45) is 0 Å². The van der Waals surface area contributed by atoms with E-state index in [1.54, 1.807) is 19.2 Å². The summed E-state index contributed by atoms with van der Waals surface area (Å²) < 4.78 is 33.3. The van der Waals surface area contributed by atoms with E-state index in [0.717, 1.165) is 26.4 Å². The number of ether oxygens (including phenoxy) is 1. The summed E-state index contributed by atoms with van der Waals surface area (Å²) in [6, 6.07) is 16.2. The minimum absolute atomic E-state index is 0.165. The van der Waals surface area contributed by atoms with E-state index in [-0.39, 0.29) is 11.4 Å². The van der Waals surface area contributed by atoms with Crippen LogP contribution in [0.25, 0.3) is 0 Å². The molecule has 1 aromatic heterocycles. The first kappa shape index (κ1) is 20.5. The number of rotatable bonds is 7. The Labute approximate surface area is 169 Å². The molecule has 0 bridgehead atoms. The molecule has 1 heterocycles. The lowest BCUT2D eigenvalue weighted by Gasteiger charge is -2.12. The van der Waals surface area contributed by atoms with Crippen LogP contribution >= 0.6 is 11.3 Å². The summed E-state index contributed by atoms with van der Waals surface area (Å²) in [7, 11) is -2.08. The van der Waals surface area contributed by atoms with E-state index in [1.807, 2.05) is 56.3 Å². The smallest absolute Gasteiger partial charge is 0.240 e. The van der Waals surface area contributed by atoms with E-state index >= 15 is 0 Å². The van der Waals surface area contributed by atoms with Crippen LogP contribution in [0.2, 0.25) is 0 Å². The van der Waals surface area contributed by atoms with Crippen LogP contribution < -0.4 is 9.46 Å². The largest absolute Gasteiger partial charge is 0.496 e. The molecular formula is C21H23NO4S2. The van der Waals surface area contributed by atoms with Gasteiger partial charge >= 0.3 is 0 Å². The highest BCUT2D eigenvalue weighted by Crippen LogP contribution is 2.29. The maximum Gasteiger partial charge on any atom is 0.240 e. The molecule has 0 saturated heterocycles. The van der Waals surface area contributed by atoms with E-state index in [1.165, 1.54) is 11.3 Å². The molecule has 148 valence electrons. The fourth-order valence-electron chi connectivity index (χ4n) is 3.07. The van der Waals surface area contributed by atoms with Gasteiger partial charge in [0.1, 0.15) is 11.9 Å². The molecule has 5 nitrogen and oxygen atoms in total. The summed E-state index contributed by atoms with van der Waals surface area (Å²) in [6.07, 6.45) is -0.719. The first-order valence-corrected chi connectivity index (χ1v) is 11.1. The SMILES string of the molecule is COc1c(C)cc(S(=O)(=O)NCc2ccc(C(O)c3ccccc3)s2)cc1C. The average molecular weight is 418 g/mol. The number of hydrogen-bond acceptors (Lipinski definition) is 5. The van der Waals surface area contributed by atoms with E-state index in [4.69, 9.17) is 4.74 Å². The lowest BCUT2D eigenvalue weighted by Crippen LogP contribution is -2.23. The molecule has 0 amide bonds. The van der Waals surface area contributed by atoms with Crippen molar-refractivity contribution in [2.45, 2.75) is 31.4 Å². The fraction of sp³-hybridized carbons (Fsp3) is 0.238. The van der Waals surface area contributed by atoms with Crippen LogP contribution in [0.1, 0.15) is 32.5 Å². The van der Waals surface area contributed by atoms with Crippen LogP contribution in [0.15, 0.2) is 59.5 Å². The van der Waals surface area contributed by atoms with Crippen LogP contribution in [0.5, 0.6) is 5.75 Å². The van der Waals surface area contributed by atoms with Gasteiger partial charge in [-0.2, -0.15) is 0 Å². The lowest BCUT2D eigenvalue weighted by atomic mass is 10.1. The van der Waals surface area contributed by atoms with Gasteiger partial charge in [-0.15, -0.1) is 11.3 Å². The first-order valence-electron chi connectivity index (χ1n) is 8.78. The van der Waals surface area contributed by atoms with Crippen molar-refractivity contribution in [3.05, 3.63) is 81.0 Å². The molecular weight excluding hydrogens is 394 g/mol. The van der Waals surface area contributed by atoms with Gasteiger partial charge in [0.15, 0.2) is 0 Å². The van der Waals surface area contributed by atoms with Crippen molar-refractivity contribution in [1.29, 1.82) is 0 Å². The molecule has 0 aliphatic carbocycles. The third-order valence-corrected chi connectivity index (χ3v) is 6.97. The maximum absolute atomic E-state index is 12.7. The second-order valence-corrected chi connectivity index (χ2v) is 9.50. The molecule has 1 atom stereocenters. The summed E-state index contributed by atoms with van der Waals surface area (Å²) >= 11 is 1.39. The van der Waals surface area contributed by atoms with E-state index in [9.17, 15) is 13.5 Å². The predicted octanol–water partition coefficient (Wildman–Crippen LogP) is 3.93. The average Bonchev–Trinajstić information content (AvgIpc) is 3.15. The second-order valence-electron chi connectivity index (χ2n) is 6.53. The Hall–Kier alpha value is -2.19. The van der Waals surface area contributed by atoms with Crippen molar-refractivity contribution in [1.82, 2.24) is 4.72 Å². The minimum Gasteiger partial charge on any atom is -0.496 e. The number of aliphatic hydroxyl groups is 1. The Bertz CT molecular complexity index is 1040. The molecule has 0 aliphatic heterocycles. The van der Waals surface area contributed by atoms with Gasteiger partial charge in [-0.1, -0.05) is 30.3 Å². The molecule has 28 heavy (non-hydrogen) atoms. The highest BCUT2D eigenvalue weighted by atomic mass is 32.2. The molecule has 0 spiro atoms. The van der Waals surface area contributed by atoms with Gasteiger partial charge in [-0.3, -0.25) is 0 Å².